The van der Waals surface area contributed by atoms with Crippen LogP contribution in [0.2, 0.25) is 5.02 Å². The molecule has 4 atom stereocenters. The van der Waals surface area contributed by atoms with E-state index in [9.17, 15) is 14.4 Å². The number of nitrogens with two attached hydrogens (primary N) is 2. The number of amides is 3. The van der Waals surface area contributed by atoms with E-state index in [1.807, 2.05) is 39.0 Å². The van der Waals surface area contributed by atoms with Crippen molar-refractivity contribution in [3.8, 4) is 0 Å². The maximum Gasteiger partial charge on any atom is 0.251 e. The highest BCUT2D eigenvalue weighted by Crippen LogP contribution is 2.34. The van der Waals surface area contributed by atoms with Gasteiger partial charge in [-0.2, -0.15) is 0 Å². The number of carbonyl (C=O) groups excluding carboxylic acids is 3. The molecule has 9 nitrogen and oxygen atoms in total. The maximum atomic E-state index is 13.7. The van der Waals surface area contributed by atoms with Crippen molar-refractivity contribution >= 4 is 35.3 Å². The van der Waals surface area contributed by atoms with Gasteiger partial charge in [-0.1, -0.05) is 82.3 Å². The van der Waals surface area contributed by atoms with Gasteiger partial charge in [0, 0.05) is 22.5 Å². The highest BCUT2D eigenvalue weighted by atomic mass is 35.5. The van der Waals surface area contributed by atoms with Gasteiger partial charge >= 0.3 is 0 Å². The molecule has 0 saturated heterocycles. The summed E-state index contributed by atoms with van der Waals surface area (Å²) in [6.07, 6.45) is 6.51. The second-order valence-corrected chi connectivity index (χ2v) is 12.3. The normalized spacial score (nSPS) is 17.9. The Labute approximate surface area is 260 Å². The predicted octanol–water partition coefficient (Wildman–Crippen LogP) is 4.78. The van der Waals surface area contributed by atoms with Gasteiger partial charge in [0.1, 0.15) is 12.1 Å². The van der Waals surface area contributed by atoms with Gasteiger partial charge in [-0.3, -0.25) is 14.4 Å². The number of carbonyl (C=O) groups is 3. The Kier molecular flexibility index (Phi) is 13.3. The molecule has 0 aliphatic heterocycles. The van der Waals surface area contributed by atoms with E-state index < -0.39 is 12.1 Å². The van der Waals surface area contributed by atoms with E-state index in [1.54, 1.807) is 24.3 Å². The average Bonchev–Trinajstić information content (AvgIpc) is 2.98. The van der Waals surface area contributed by atoms with Gasteiger partial charge in [0.25, 0.3) is 5.91 Å². The van der Waals surface area contributed by atoms with Crippen molar-refractivity contribution in [1.29, 1.82) is 0 Å². The minimum absolute atomic E-state index is 0.00397. The van der Waals surface area contributed by atoms with Gasteiger partial charge in [0.05, 0.1) is 6.54 Å². The third-order valence-corrected chi connectivity index (χ3v) is 8.07. The minimum atomic E-state index is -0.773. The molecule has 7 N–H and O–H groups in total. The van der Waals surface area contributed by atoms with Crippen molar-refractivity contribution in [2.75, 3.05) is 0 Å². The van der Waals surface area contributed by atoms with Crippen LogP contribution in [0.4, 0.5) is 0 Å². The summed E-state index contributed by atoms with van der Waals surface area (Å²) in [5, 5.41) is 9.81. The summed E-state index contributed by atoms with van der Waals surface area (Å²) in [5.74, 6) is -0.585. The average molecular weight is 611 g/mol. The second kappa shape index (κ2) is 16.9. The summed E-state index contributed by atoms with van der Waals surface area (Å²) in [7, 11) is 0. The van der Waals surface area contributed by atoms with E-state index in [2.05, 4.69) is 27.0 Å². The van der Waals surface area contributed by atoms with Crippen LogP contribution in [0.3, 0.4) is 0 Å². The molecule has 1 aliphatic carbocycles. The third kappa shape index (κ3) is 10.9. The van der Waals surface area contributed by atoms with Gasteiger partial charge in [0.2, 0.25) is 11.8 Å². The smallest absolute Gasteiger partial charge is 0.251 e. The van der Waals surface area contributed by atoms with E-state index >= 15 is 0 Å². The molecule has 1 aliphatic rings. The molecule has 2 aromatic rings. The lowest BCUT2D eigenvalue weighted by Gasteiger charge is -2.34. The molecule has 234 valence electrons. The fourth-order valence-electron chi connectivity index (χ4n) is 5.56. The van der Waals surface area contributed by atoms with E-state index in [0.29, 0.717) is 30.0 Å². The first-order valence-corrected chi connectivity index (χ1v) is 15.8. The fraction of sp³-hybridized carbons (Fsp3) is 0.515. The van der Waals surface area contributed by atoms with Crippen LogP contribution >= 0.6 is 11.6 Å². The van der Waals surface area contributed by atoms with Crippen LogP contribution in [0, 0.1) is 5.92 Å². The van der Waals surface area contributed by atoms with Crippen LogP contribution in [-0.4, -0.2) is 41.8 Å². The number of nitrogens with zero attached hydrogens (tertiary/aromatic N) is 1. The van der Waals surface area contributed by atoms with Crippen LogP contribution in [-0.2, 0) is 16.1 Å². The van der Waals surface area contributed by atoms with Gasteiger partial charge in [-0.25, -0.2) is 4.99 Å². The molecule has 2 aromatic carbocycles. The zero-order valence-electron chi connectivity index (χ0n) is 25.6. The minimum Gasteiger partial charge on any atom is -0.370 e. The Morgan fingerprint density at radius 3 is 2.35 bits per heavy atom. The molecule has 1 fully saturated rings. The number of benzene rings is 2. The van der Waals surface area contributed by atoms with Crippen molar-refractivity contribution in [3.05, 3.63) is 70.2 Å². The van der Waals surface area contributed by atoms with Crippen LogP contribution < -0.4 is 27.4 Å². The second-order valence-electron chi connectivity index (χ2n) is 11.9. The first-order valence-electron chi connectivity index (χ1n) is 15.4. The Morgan fingerprint density at radius 1 is 0.977 bits per heavy atom. The molecule has 0 spiro atoms. The van der Waals surface area contributed by atoms with Gasteiger partial charge in [0.15, 0.2) is 5.96 Å². The fourth-order valence-corrected chi connectivity index (χ4v) is 5.76. The molecular formula is C33H47ClN6O3. The molecule has 43 heavy (non-hydrogen) atoms. The molecule has 3 rings (SSSR count). The lowest BCUT2D eigenvalue weighted by atomic mass is 9.80. The number of halogens is 1. The third-order valence-electron chi connectivity index (χ3n) is 7.84. The lowest BCUT2D eigenvalue weighted by Crippen LogP contribution is -2.56. The Balaban J connectivity index is 1.70. The summed E-state index contributed by atoms with van der Waals surface area (Å²) in [6.45, 7) is 6.39. The topological polar surface area (TPSA) is 152 Å². The number of hydrogen-bond acceptors (Lipinski definition) is 4. The van der Waals surface area contributed by atoms with Gasteiger partial charge in [-0.05, 0) is 67.0 Å². The molecule has 10 heteroatoms. The van der Waals surface area contributed by atoms with Crippen LogP contribution in [0.5, 0.6) is 0 Å². The number of unbranched alkanes of at least 4 members (excludes halogenated alkanes) is 1. The van der Waals surface area contributed by atoms with E-state index in [1.165, 1.54) is 0 Å². The number of rotatable bonds is 14. The van der Waals surface area contributed by atoms with E-state index in [-0.39, 0.29) is 41.6 Å². The molecule has 1 saturated carbocycles. The predicted molar refractivity (Wildman–Crippen MR) is 173 cm³/mol. The number of nitrogens with one attached hydrogen (secondary N) is 3. The molecule has 0 radical (unpaired) electrons. The van der Waals surface area contributed by atoms with E-state index in [4.69, 9.17) is 23.1 Å². The Bertz CT molecular complexity index is 1250. The standard InChI is InChI=1S/C33H47ClN6O3/c1-4-5-12-28(39-30(41)23-16-14-22(15-17-23)20-37-33(35)36)31(42)40-29(18-21(2)3)32(43)38-27-13-7-6-11-26(27)24-9-8-10-25(34)19-24/h8-10,14-17,19,21,26-29H,4-7,11-13,18,20H2,1-3H3,(H,38,43)(H,39,41)(H,40,42)(H4,35,36,37)/t26-,27+,28-,29-/m0/s1. The zero-order chi connectivity index (χ0) is 31.4. The maximum absolute atomic E-state index is 13.7. The molecule has 0 bridgehead atoms. The summed E-state index contributed by atoms with van der Waals surface area (Å²) in [5.41, 5.74) is 13.2. The number of aliphatic imine (C=N–C) groups is 1. The first-order chi connectivity index (χ1) is 20.6. The van der Waals surface area contributed by atoms with Crippen molar-refractivity contribution in [2.24, 2.45) is 22.4 Å². The first kappa shape index (κ1) is 33.9. The highest BCUT2D eigenvalue weighted by molar-refractivity contribution is 6.30. The van der Waals surface area contributed by atoms with E-state index in [0.717, 1.165) is 49.7 Å². The van der Waals surface area contributed by atoms with Crippen molar-refractivity contribution < 1.29 is 14.4 Å². The number of hydrogen-bond donors (Lipinski definition) is 5. The quantitative estimate of drug-likeness (QED) is 0.154. The monoisotopic (exact) mass is 610 g/mol. The summed E-state index contributed by atoms with van der Waals surface area (Å²) in [4.78, 5) is 44.3. The van der Waals surface area contributed by atoms with Gasteiger partial charge in [-0.15, -0.1) is 0 Å². The van der Waals surface area contributed by atoms with Crippen molar-refractivity contribution in [2.45, 2.75) is 103 Å². The van der Waals surface area contributed by atoms with Crippen LogP contribution in [0.1, 0.15) is 99.5 Å². The highest BCUT2D eigenvalue weighted by Gasteiger charge is 2.32. The summed E-state index contributed by atoms with van der Waals surface area (Å²) >= 11 is 6.28. The van der Waals surface area contributed by atoms with Crippen molar-refractivity contribution in [3.63, 3.8) is 0 Å². The van der Waals surface area contributed by atoms with Gasteiger partial charge < -0.3 is 27.4 Å². The molecule has 0 heterocycles. The molecular weight excluding hydrogens is 564 g/mol. The SMILES string of the molecule is CCCC[C@H](NC(=O)c1ccc(CN=C(N)N)cc1)C(=O)N[C@@H](CC(C)C)C(=O)N[C@@H]1CCCC[C@H]1c1cccc(Cl)c1. The molecule has 0 aromatic heterocycles. The molecule has 0 unspecified atom stereocenters. The van der Waals surface area contributed by atoms with Crippen LogP contribution in [0.15, 0.2) is 53.5 Å². The van der Waals surface area contributed by atoms with Crippen molar-refractivity contribution in [1.82, 2.24) is 16.0 Å². The largest absolute Gasteiger partial charge is 0.370 e. The summed E-state index contributed by atoms with van der Waals surface area (Å²) < 4.78 is 0. The Morgan fingerprint density at radius 2 is 1.70 bits per heavy atom. The lowest BCUT2D eigenvalue weighted by molar-refractivity contribution is -0.131. The number of guanidine groups is 1. The zero-order valence-corrected chi connectivity index (χ0v) is 26.3. The molecule has 3 amide bonds. The van der Waals surface area contributed by atoms with Crippen LogP contribution in [0.25, 0.3) is 0 Å². The summed E-state index contributed by atoms with van der Waals surface area (Å²) in [6, 6.07) is 13.2. The Hall–Kier alpha value is -3.59.